The Morgan fingerprint density at radius 2 is 1.83 bits per heavy atom. The Bertz CT molecular complexity index is 1330. The number of nitrogens with zero attached hydrogens (tertiary/aromatic N) is 5. The summed E-state index contributed by atoms with van der Waals surface area (Å²) < 4.78 is 4.72. The lowest BCUT2D eigenvalue weighted by atomic mass is 10.1. The number of hydrogen-bond acceptors (Lipinski definition) is 5. The van der Waals surface area contributed by atoms with Crippen molar-refractivity contribution in [1.82, 2.24) is 23.8 Å². The van der Waals surface area contributed by atoms with Crippen LogP contribution in [-0.2, 0) is 6.54 Å². The molecule has 154 valence electrons. The lowest BCUT2D eigenvalue weighted by molar-refractivity contribution is 0.0697. The van der Waals surface area contributed by atoms with E-state index in [2.05, 4.69) is 21.4 Å². The first kappa shape index (κ1) is 19.2. The van der Waals surface area contributed by atoms with Crippen molar-refractivity contribution in [1.29, 1.82) is 0 Å². The Kier molecular flexibility index (Phi) is 4.77. The van der Waals surface area contributed by atoms with Crippen LogP contribution in [0.15, 0.2) is 42.5 Å². The molecule has 2 aromatic carbocycles. The van der Waals surface area contributed by atoms with Crippen molar-refractivity contribution >= 4 is 45.8 Å². The number of imidazole rings is 1. The molecule has 1 aliphatic rings. The molecule has 5 rings (SSSR count). The van der Waals surface area contributed by atoms with Crippen LogP contribution < -0.4 is 0 Å². The van der Waals surface area contributed by atoms with Crippen LogP contribution in [0.3, 0.4) is 0 Å². The number of aromatic nitrogens is 3. The predicted octanol–water partition coefficient (Wildman–Crippen LogP) is 3.12. The van der Waals surface area contributed by atoms with Crippen LogP contribution in [-0.4, -0.2) is 74.6 Å². The fourth-order valence-corrected chi connectivity index (χ4v) is 4.60. The van der Waals surface area contributed by atoms with Gasteiger partial charge in [-0.2, -0.15) is 0 Å². The molecule has 1 N–H and O–H groups in total. The largest absolute Gasteiger partial charge is 0.478 e. The van der Waals surface area contributed by atoms with Gasteiger partial charge in [0, 0.05) is 44.7 Å². The van der Waals surface area contributed by atoms with Gasteiger partial charge in [-0.05, 0) is 49.6 Å². The van der Waals surface area contributed by atoms with Crippen LogP contribution in [0.1, 0.15) is 10.4 Å². The number of hydrogen-bond donors (Lipinski definition) is 1. The Morgan fingerprint density at radius 3 is 2.60 bits per heavy atom. The molecule has 30 heavy (non-hydrogen) atoms. The molecule has 8 heteroatoms. The summed E-state index contributed by atoms with van der Waals surface area (Å²) in [6, 6.07) is 13.1. The third-order valence-corrected chi connectivity index (χ3v) is 6.40. The highest BCUT2D eigenvalue weighted by atomic mass is 32.1. The third-order valence-electron chi connectivity index (χ3n) is 6.00. The molecular weight excluding hydrogens is 398 g/mol. The smallest absolute Gasteiger partial charge is 0.335 e. The summed E-state index contributed by atoms with van der Waals surface area (Å²) in [4.78, 5) is 21.2. The minimum absolute atomic E-state index is 0.255. The summed E-state index contributed by atoms with van der Waals surface area (Å²) in [5.41, 5.74) is 3.69. The summed E-state index contributed by atoms with van der Waals surface area (Å²) in [7, 11) is 2.15. The molecule has 0 bridgehead atoms. The van der Waals surface area contributed by atoms with E-state index >= 15 is 0 Å². The van der Waals surface area contributed by atoms with Crippen LogP contribution in [0.25, 0.3) is 27.6 Å². The van der Waals surface area contributed by atoms with Gasteiger partial charge < -0.3 is 14.6 Å². The van der Waals surface area contributed by atoms with E-state index in [4.69, 9.17) is 17.2 Å². The van der Waals surface area contributed by atoms with Gasteiger partial charge in [-0.25, -0.2) is 9.78 Å². The van der Waals surface area contributed by atoms with Gasteiger partial charge in [0.05, 0.1) is 22.1 Å². The standard InChI is InChI=1S/C22H23N5O2S/c1-24-8-10-25(11-9-24)12-13-26-19-14-15(21(28)29)6-7-16(19)20-23-17-4-2-3-5-18(17)27(20)22(26)30/h2-7,14H,8-13H2,1H3,(H,28,29). The van der Waals surface area contributed by atoms with Crippen molar-refractivity contribution in [3.8, 4) is 0 Å². The number of carbonyl (C=O) groups is 1. The van der Waals surface area contributed by atoms with Crippen molar-refractivity contribution in [2.75, 3.05) is 39.8 Å². The van der Waals surface area contributed by atoms with Crippen molar-refractivity contribution < 1.29 is 9.90 Å². The van der Waals surface area contributed by atoms with Crippen LogP contribution in [0.4, 0.5) is 0 Å². The number of benzene rings is 2. The van der Waals surface area contributed by atoms with Crippen molar-refractivity contribution in [3.63, 3.8) is 0 Å². The second-order valence-electron chi connectivity index (χ2n) is 7.88. The summed E-state index contributed by atoms with van der Waals surface area (Å²) in [6.45, 7) is 5.73. The Labute approximate surface area is 178 Å². The fourth-order valence-electron chi connectivity index (χ4n) is 4.23. The third kappa shape index (κ3) is 3.17. The molecule has 3 heterocycles. The maximum atomic E-state index is 11.6. The second kappa shape index (κ2) is 7.46. The molecule has 0 saturated carbocycles. The van der Waals surface area contributed by atoms with E-state index in [9.17, 15) is 9.90 Å². The Morgan fingerprint density at radius 1 is 1.07 bits per heavy atom. The SMILES string of the molecule is CN1CCN(CCn2c(=S)n3c4ccccc4nc3c3ccc(C(=O)O)cc32)CC1. The quantitative estimate of drug-likeness (QED) is 0.511. The molecule has 0 atom stereocenters. The van der Waals surface area contributed by atoms with E-state index < -0.39 is 5.97 Å². The molecule has 2 aromatic heterocycles. The van der Waals surface area contributed by atoms with Crippen LogP contribution in [0.5, 0.6) is 0 Å². The van der Waals surface area contributed by atoms with Gasteiger partial charge in [-0.1, -0.05) is 12.1 Å². The number of aromatic carboxylic acids is 1. The average Bonchev–Trinajstić information content (AvgIpc) is 3.14. The minimum Gasteiger partial charge on any atom is -0.478 e. The average molecular weight is 422 g/mol. The van der Waals surface area contributed by atoms with Gasteiger partial charge >= 0.3 is 5.97 Å². The first-order valence-corrected chi connectivity index (χ1v) is 10.5. The first-order chi connectivity index (χ1) is 14.5. The number of carboxylic acids is 1. The highest BCUT2D eigenvalue weighted by molar-refractivity contribution is 7.71. The number of fused-ring (bicyclic) bond motifs is 5. The molecule has 0 unspecified atom stereocenters. The van der Waals surface area contributed by atoms with E-state index in [-0.39, 0.29) is 5.56 Å². The van der Waals surface area contributed by atoms with Crippen molar-refractivity contribution in [3.05, 3.63) is 52.8 Å². The predicted molar refractivity (Wildman–Crippen MR) is 120 cm³/mol. The molecular formula is C22H23N5O2S. The number of piperazine rings is 1. The van der Waals surface area contributed by atoms with Gasteiger partial charge in [-0.15, -0.1) is 0 Å². The van der Waals surface area contributed by atoms with Crippen LogP contribution in [0.2, 0.25) is 0 Å². The zero-order valence-electron chi connectivity index (χ0n) is 16.8. The lowest BCUT2D eigenvalue weighted by Gasteiger charge is -2.32. The van der Waals surface area contributed by atoms with Gasteiger partial charge in [0.1, 0.15) is 5.65 Å². The highest BCUT2D eigenvalue weighted by Crippen LogP contribution is 2.26. The number of rotatable bonds is 4. The summed E-state index contributed by atoms with van der Waals surface area (Å²) >= 11 is 5.91. The zero-order chi connectivity index (χ0) is 20.8. The lowest BCUT2D eigenvalue weighted by Crippen LogP contribution is -2.45. The molecule has 1 aliphatic heterocycles. The van der Waals surface area contributed by atoms with E-state index in [0.29, 0.717) is 11.3 Å². The van der Waals surface area contributed by atoms with E-state index in [1.807, 2.05) is 34.7 Å². The Hall–Kier alpha value is -2.81. The maximum Gasteiger partial charge on any atom is 0.335 e. The maximum absolute atomic E-state index is 11.6. The molecule has 0 aliphatic carbocycles. The molecule has 0 spiro atoms. The topological polar surface area (TPSA) is 66.0 Å². The zero-order valence-corrected chi connectivity index (χ0v) is 17.6. The molecule has 7 nitrogen and oxygen atoms in total. The molecule has 1 saturated heterocycles. The number of carboxylic acid groups (broad SMARTS) is 1. The fraction of sp³-hybridized carbons (Fsp3) is 0.318. The first-order valence-electron chi connectivity index (χ1n) is 10.1. The van der Waals surface area contributed by atoms with Gasteiger partial charge in [0.15, 0.2) is 4.77 Å². The molecule has 0 amide bonds. The minimum atomic E-state index is -0.943. The molecule has 4 aromatic rings. The van der Waals surface area contributed by atoms with E-state index in [1.165, 1.54) is 0 Å². The van der Waals surface area contributed by atoms with E-state index in [1.54, 1.807) is 12.1 Å². The summed E-state index contributed by atoms with van der Waals surface area (Å²) in [5, 5.41) is 10.4. The van der Waals surface area contributed by atoms with Gasteiger partial charge in [-0.3, -0.25) is 9.30 Å². The summed E-state index contributed by atoms with van der Waals surface area (Å²) in [6.07, 6.45) is 0. The number of para-hydroxylation sites is 2. The van der Waals surface area contributed by atoms with Crippen molar-refractivity contribution in [2.24, 2.45) is 0 Å². The van der Waals surface area contributed by atoms with Gasteiger partial charge in [0.2, 0.25) is 0 Å². The number of likely N-dealkylation sites (N-methyl/N-ethyl adjacent to an activating group) is 1. The normalized spacial score (nSPS) is 16.0. The van der Waals surface area contributed by atoms with E-state index in [0.717, 1.165) is 60.3 Å². The molecule has 1 fully saturated rings. The van der Waals surface area contributed by atoms with Crippen LogP contribution >= 0.6 is 12.2 Å². The molecule has 0 radical (unpaired) electrons. The van der Waals surface area contributed by atoms with Crippen LogP contribution in [0, 0.1) is 4.77 Å². The Balaban J connectivity index is 1.70. The highest BCUT2D eigenvalue weighted by Gasteiger charge is 2.17. The second-order valence-corrected chi connectivity index (χ2v) is 8.24. The summed E-state index contributed by atoms with van der Waals surface area (Å²) in [5.74, 6) is -0.943. The monoisotopic (exact) mass is 421 g/mol. The van der Waals surface area contributed by atoms with Crippen molar-refractivity contribution in [2.45, 2.75) is 6.54 Å². The van der Waals surface area contributed by atoms with Gasteiger partial charge in [0.25, 0.3) is 0 Å².